The van der Waals surface area contributed by atoms with Crippen molar-refractivity contribution in [3.63, 3.8) is 0 Å². The van der Waals surface area contributed by atoms with E-state index in [1.165, 1.54) is 6.92 Å². The average Bonchev–Trinajstić information content (AvgIpc) is 2.07. The van der Waals surface area contributed by atoms with Crippen LogP contribution in [0.25, 0.3) is 0 Å². The van der Waals surface area contributed by atoms with E-state index in [-0.39, 0.29) is 6.04 Å². The predicted octanol–water partition coefficient (Wildman–Crippen LogP) is 3.11. The zero-order valence-electron chi connectivity index (χ0n) is 8.69. The standard InChI is InChI=1S/C10H18F3N/c1-7-3-5-9(6-4-7)14-8(2)10(11,12)13/h7-9,14H,3-6H2,1-2H3. The minimum atomic E-state index is -4.11. The highest BCUT2D eigenvalue weighted by atomic mass is 19.4. The molecule has 0 aromatic heterocycles. The minimum absolute atomic E-state index is 0.0582. The van der Waals surface area contributed by atoms with E-state index >= 15 is 0 Å². The summed E-state index contributed by atoms with van der Waals surface area (Å²) in [6.07, 6.45) is -0.267. The SMILES string of the molecule is CC1CCC(NC(C)C(F)(F)F)CC1. The van der Waals surface area contributed by atoms with Crippen molar-refractivity contribution >= 4 is 0 Å². The molecule has 0 spiro atoms. The molecule has 0 saturated heterocycles. The van der Waals surface area contributed by atoms with Crippen LogP contribution in [0.1, 0.15) is 39.5 Å². The van der Waals surface area contributed by atoms with Gasteiger partial charge in [-0.15, -0.1) is 0 Å². The van der Waals surface area contributed by atoms with E-state index < -0.39 is 12.2 Å². The highest BCUT2D eigenvalue weighted by Crippen LogP contribution is 2.26. The number of hydrogen-bond donors (Lipinski definition) is 1. The fourth-order valence-corrected chi connectivity index (χ4v) is 1.87. The Morgan fingerprint density at radius 3 is 2.07 bits per heavy atom. The second-order valence-corrected chi connectivity index (χ2v) is 4.39. The van der Waals surface area contributed by atoms with Gasteiger partial charge < -0.3 is 5.32 Å². The summed E-state index contributed by atoms with van der Waals surface area (Å²) < 4.78 is 36.7. The largest absolute Gasteiger partial charge is 0.403 e. The van der Waals surface area contributed by atoms with Crippen molar-refractivity contribution < 1.29 is 13.2 Å². The van der Waals surface area contributed by atoms with Crippen molar-refractivity contribution in [1.29, 1.82) is 0 Å². The van der Waals surface area contributed by atoms with E-state index in [1.54, 1.807) is 0 Å². The smallest absolute Gasteiger partial charge is 0.304 e. The van der Waals surface area contributed by atoms with Crippen LogP contribution in [0.15, 0.2) is 0 Å². The normalized spacial score (nSPS) is 31.5. The average molecular weight is 209 g/mol. The second kappa shape index (κ2) is 4.51. The lowest BCUT2D eigenvalue weighted by Gasteiger charge is -2.30. The van der Waals surface area contributed by atoms with E-state index in [2.05, 4.69) is 12.2 Å². The minimum Gasteiger partial charge on any atom is -0.304 e. The lowest BCUT2D eigenvalue weighted by atomic mass is 9.87. The third-order valence-electron chi connectivity index (χ3n) is 2.99. The van der Waals surface area contributed by atoms with Gasteiger partial charge in [-0.25, -0.2) is 0 Å². The zero-order chi connectivity index (χ0) is 10.8. The summed E-state index contributed by atoms with van der Waals surface area (Å²) in [5.74, 6) is 0.675. The molecule has 1 aliphatic carbocycles. The number of hydrogen-bond acceptors (Lipinski definition) is 1. The van der Waals surface area contributed by atoms with E-state index in [9.17, 15) is 13.2 Å². The molecule has 0 radical (unpaired) electrons. The molecule has 1 saturated carbocycles. The predicted molar refractivity (Wildman–Crippen MR) is 50.1 cm³/mol. The molecule has 0 bridgehead atoms. The molecule has 1 rings (SSSR count). The topological polar surface area (TPSA) is 12.0 Å². The van der Waals surface area contributed by atoms with Gasteiger partial charge in [0.2, 0.25) is 0 Å². The fraction of sp³-hybridized carbons (Fsp3) is 1.00. The van der Waals surface area contributed by atoms with Crippen LogP contribution in [-0.2, 0) is 0 Å². The molecule has 0 amide bonds. The number of rotatable bonds is 2. The van der Waals surface area contributed by atoms with Crippen molar-refractivity contribution in [2.24, 2.45) is 5.92 Å². The van der Waals surface area contributed by atoms with Crippen LogP contribution in [0.5, 0.6) is 0 Å². The highest BCUT2D eigenvalue weighted by molar-refractivity contribution is 4.80. The lowest BCUT2D eigenvalue weighted by molar-refractivity contribution is -0.153. The van der Waals surface area contributed by atoms with Crippen LogP contribution < -0.4 is 5.32 Å². The van der Waals surface area contributed by atoms with Gasteiger partial charge in [-0.1, -0.05) is 6.92 Å². The van der Waals surface area contributed by atoms with Gasteiger partial charge >= 0.3 is 6.18 Å². The van der Waals surface area contributed by atoms with E-state index in [4.69, 9.17) is 0 Å². The van der Waals surface area contributed by atoms with Crippen molar-refractivity contribution in [3.8, 4) is 0 Å². The lowest BCUT2D eigenvalue weighted by Crippen LogP contribution is -2.46. The summed E-state index contributed by atoms with van der Waals surface area (Å²) in [6.45, 7) is 3.35. The van der Waals surface area contributed by atoms with E-state index in [1.807, 2.05) is 0 Å². The van der Waals surface area contributed by atoms with Crippen LogP contribution in [0.2, 0.25) is 0 Å². The van der Waals surface area contributed by atoms with Gasteiger partial charge in [0, 0.05) is 6.04 Å². The Morgan fingerprint density at radius 1 is 1.14 bits per heavy atom. The maximum atomic E-state index is 12.2. The third kappa shape index (κ3) is 3.48. The summed E-state index contributed by atoms with van der Waals surface area (Å²) in [5.41, 5.74) is 0. The van der Waals surface area contributed by atoms with Gasteiger partial charge in [0.15, 0.2) is 0 Å². The molecule has 14 heavy (non-hydrogen) atoms. The van der Waals surface area contributed by atoms with Gasteiger partial charge in [-0.3, -0.25) is 0 Å². The Kier molecular flexibility index (Phi) is 3.81. The Morgan fingerprint density at radius 2 is 1.64 bits per heavy atom. The molecule has 1 nitrogen and oxygen atoms in total. The van der Waals surface area contributed by atoms with Crippen LogP contribution >= 0.6 is 0 Å². The molecule has 1 fully saturated rings. The molecule has 1 unspecified atom stereocenters. The monoisotopic (exact) mass is 209 g/mol. The van der Waals surface area contributed by atoms with Crippen molar-refractivity contribution in [2.75, 3.05) is 0 Å². The Labute approximate surface area is 83.1 Å². The summed E-state index contributed by atoms with van der Waals surface area (Å²) in [4.78, 5) is 0. The first kappa shape index (κ1) is 11.8. The summed E-state index contributed by atoms with van der Waals surface area (Å²) in [5, 5.41) is 2.65. The van der Waals surface area contributed by atoms with E-state index in [0.717, 1.165) is 25.7 Å². The van der Waals surface area contributed by atoms with Crippen LogP contribution in [0.4, 0.5) is 13.2 Å². The first-order valence-electron chi connectivity index (χ1n) is 5.22. The van der Waals surface area contributed by atoms with Crippen LogP contribution in [-0.4, -0.2) is 18.3 Å². The zero-order valence-corrected chi connectivity index (χ0v) is 8.69. The van der Waals surface area contributed by atoms with Gasteiger partial charge in [0.05, 0.1) is 0 Å². The first-order chi connectivity index (χ1) is 6.39. The second-order valence-electron chi connectivity index (χ2n) is 4.39. The van der Waals surface area contributed by atoms with Gasteiger partial charge in [-0.2, -0.15) is 13.2 Å². The molecule has 84 valence electrons. The van der Waals surface area contributed by atoms with Gasteiger partial charge in [0.25, 0.3) is 0 Å². The summed E-state index contributed by atoms with van der Waals surface area (Å²) in [6, 6.07) is -1.32. The van der Waals surface area contributed by atoms with Crippen molar-refractivity contribution in [3.05, 3.63) is 0 Å². The molecule has 0 aromatic rings. The summed E-state index contributed by atoms with van der Waals surface area (Å²) >= 11 is 0. The van der Waals surface area contributed by atoms with Gasteiger partial charge in [0.1, 0.15) is 6.04 Å². The van der Waals surface area contributed by atoms with Gasteiger partial charge in [-0.05, 0) is 38.5 Å². The molecule has 1 aliphatic rings. The fourth-order valence-electron chi connectivity index (χ4n) is 1.87. The number of alkyl halides is 3. The Bertz CT molecular complexity index is 171. The van der Waals surface area contributed by atoms with Crippen LogP contribution in [0, 0.1) is 5.92 Å². The highest BCUT2D eigenvalue weighted by Gasteiger charge is 2.37. The molecule has 1 atom stereocenters. The van der Waals surface area contributed by atoms with E-state index in [0.29, 0.717) is 5.92 Å². The molecular formula is C10H18F3N. The molecular weight excluding hydrogens is 191 g/mol. The Balaban J connectivity index is 2.31. The summed E-state index contributed by atoms with van der Waals surface area (Å²) in [7, 11) is 0. The molecule has 0 aromatic carbocycles. The van der Waals surface area contributed by atoms with Crippen molar-refractivity contribution in [2.45, 2.75) is 57.8 Å². The quantitative estimate of drug-likeness (QED) is 0.736. The third-order valence-corrected chi connectivity index (χ3v) is 2.99. The van der Waals surface area contributed by atoms with Crippen molar-refractivity contribution in [1.82, 2.24) is 5.32 Å². The molecule has 0 aliphatic heterocycles. The molecule has 0 heterocycles. The first-order valence-corrected chi connectivity index (χ1v) is 5.22. The number of halogens is 3. The number of nitrogens with one attached hydrogen (secondary N) is 1. The maximum absolute atomic E-state index is 12.2. The molecule has 4 heteroatoms. The molecule has 1 N–H and O–H groups in total. The van der Waals surface area contributed by atoms with Crippen LogP contribution in [0.3, 0.4) is 0 Å². The maximum Gasteiger partial charge on any atom is 0.403 e. The Hall–Kier alpha value is -0.250.